The van der Waals surface area contributed by atoms with Crippen molar-refractivity contribution in [3.8, 4) is 0 Å². The SMILES string of the molecule is O=c1[nH]c2cccc(Br)c2n1CC1CCCNC1. The highest BCUT2D eigenvalue weighted by atomic mass is 79.9. The number of para-hydroxylation sites is 1. The van der Waals surface area contributed by atoms with Crippen LogP contribution in [0.5, 0.6) is 0 Å². The number of fused-ring (bicyclic) bond motifs is 1. The van der Waals surface area contributed by atoms with Gasteiger partial charge in [0.15, 0.2) is 0 Å². The molecule has 5 heteroatoms. The number of imidazole rings is 1. The maximum Gasteiger partial charge on any atom is 0.326 e. The highest BCUT2D eigenvalue weighted by Crippen LogP contribution is 2.23. The Hall–Kier alpha value is -1.07. The molecule has 1 aliphatic heterocycles. The van der Waals surface area contributed by atoms with Crippen LogP contribution in [0.3, 0.4) is 0 Å². The number of halogens is 1. The first kappa shape index (κ1) is 12.0. The van der Waals surface area contributed by atoms with E-state index in [0.717, 1.165) is 35.1 Å². The molecule has 1 atom stereocenters. The molecule has 1 unspecified atom stereocenters. The lowest BCUT2D eigenvalue weighted by Crippen LogP contribution is -2.34. The van der Waals surface area contributed by atoms with Crippen molar-refractivity contribution in [1.82, 2.24) is 14.9 Å². The van der Waals surface area contributed by atoms with Gasteiger partial charge in [-0.15, -0.1) is 0 Å². The average Bonchev–Trinajstić information content (AvgIpc) is 2.69. The van der Waals surface area contributed by atoms with Crippen molar-refractivity contribution >= 4 is 27.0 Å². The minimum atomic E-state index is -0.0116. The van der Waals surface area contributed by atoms with Crippen molar-refractivity contribution in [2.75, 3.05) is 13.1 Å². The first-order valence-corrected chi connectivity index (χ1v) is 7.13. The molecule has 18 heavy (non-hydrogen) atoms. The van der Waals surface area contributed by atoms with E-state index in [2.05, 4.69) is 26.2 Å². The van der Waals surface area contributed by atoms with Gasteiger partial charge in [0.2, 0.25) is 0 Å². The number of hydrogen-bond donors (Lipinski definition) is 2. The predicted octanol–water partition coefficient (Wildman–Crippen LogP) is 2.09. The molecule has 1 aromatic heterocycles. The molecule has 0 bridgehead atoms. The number of aromatic nitrogens is 2. The predicted molar refractivity (Wildman–Crippen MR) is 75.9 cm³/mol. The van der Waals surface area contributed by atoms with Crippen LogP contribution in [0.15, 0.2) is 27.5 Å². The summed E-state index contributed by atoms with van der Waals surface area (Å²) in [5.41, 5.74) is 1.87. The van der Waals surface area contributed by atoms with Crippen LogP contribution in [-0.2, 0) is 6.54 Å². The Bertz CT molecular complexity index is 610. The van der Waals surface area contributed by atoms with E-state index in [1.165, 1.54) is 12.8 Å². The van der Waals surface area contributed by atoms with Gasteiger partial charge in [-0.2, -0.15) is 0 Å². The largest absolute Gasteiger partial charge is 0.326 e. The second-order valence-electron chi connectivity index (χ2n) is 4.89. The van der Waals surface area contributed by atoms with Crippen LogP contribution < -0.4 is 11.0 Å². The van der Waals surface area contributed by atoms with Gasteiger partial charge in [0.05, 0.1) is 11.0 Å². The zero-order chi connectivity index (χ0) is 12.5. The molecule has 0 amide bonds. The summed E-state index contributed by atoms with van der Waals surface area (Å²) >= 11 is 3.53. The topological polar surface area (TPSA) is 49.8 Å². The monoisotopic (exact) mass is 309 g/mol. The Balaban J connectivity index is 2.00. The Morgan fingerprint density at radius 3 is 3.11 bits per heavy atom. The zero-order valence-electron chi connectivity index (χ0n) is 10.1. The lowest BCUT2D eigenvalue weighted by molar-refractivity contribution is 0.337. The minimum Gasteiger partial charge on any atom is -0.316 e. The summed E-state index contributed by atoms with van der Waals surface area (Å²) in [5.74, 6) is 0.544. The van der Waals surface area contributed by atoms with E-state index in [4.69, 9.17) is 0 Å². The van der Waals surface area contributed by atoms with Crippen molar-refractivity contribution in [3.05, 3.63) is 33.2 Å². The van der Waals surface area contributed by atoms with Gasteiger partial charge in [-0.25, -0.2) is 4.79 Å². The Morgan fingerprint density at radius 1 is 1.44 bits per heavy atom. The molecule has 2 aromatic rings. The fourth-order valence-electron chi connectivity index (χ4n) is 2.69. The standard InChI is InChI=1S/C13H16BrN3O/c14-10-4-1-5-11-12(10)17(13(18)16-11)8-9-3-2-6-15-7-9/h1,4-5,9,15H,2-3,6-8H2,(H,16,18). The van der Waals surface area contributed by atoms with Gasteiger partial charge in [0.1, 0.15) is 0 Å². The van der Waals surface area contributed by atoms with Gasteiger partial charge in [-0.05, 0) is 59.9 Å². The van der Waals surface area contributed by atoms with E-state index in [0.29, 0.717) is 5.92 Å². The van der Waals surface area contributed by atoms with Crippen LogP contribution in [0.2, 0.25) is 0 Å². The summed E-state index contributed by atoms with van der Waals surface area (Å²) in [6.07, 6.45) is 2.39. The van der Waals surface area contributed by atoms with Crippen molar-refractivity contribution in [1.29, 1.82) is 0 Å². The van der Waals surface area contributed by atoms with Crippen LogP contribution >= 0.6 is 15.9 Å². The number of nitrogens with zero attached hydrogens (tertiary/aromatic N) is 1. The Morgan fingerprint density at radius 2 is 2.33 bits per heavy atom. The summed E-state index contributed by atoms with van der Waals surface area (Å²) in [6, 6.07) is 5.86. The summed E-state index contributed by atoms with van der Waals surface area (Å²) in [5, 5.41) is 3.39. The van der Waals surface area contributed by atoms with E-state index in [-0.39, 0.29) is 5.69 Å². The average molecular weight is 310 g/mol. The van der Waals surface area contributed by atoms with Gasteiger partial charge in [0.25, 0.3) is 0 Å². The van der Waals surface area contributed by atoms with Crippen molar-refractivity contribution in [3.63, 3.8) is 0 Å². The quantitative estimate of drug-likeness (QED) is 0.892. The minimum absolute atomic E-state index is 0.0116. The molecule has 96 valence electrons. The molecule has 2 N–H and O–H groups in total. The molecule has 1 saturated heterocycles. The first-order chi connectivity index (χ1) is 8.75. The summed E-state index contributed by atoms with van der Waals surface area (Å²) in [4.78, 5) is 14.9. The maximum absolute atomic E-state index is 12.0. The van der Waals surface area contributed by atoms with Crippen LogP contribution in [0.4, 0.5) is 0 Å². The lowest BCUT2D eigenvalue weighted by atomic mass is 10.00. The van der Waals surface area contributed by atoms with E-state index in [1.54, 1.807) is 0 Å². The fourth-order valence-corrected chi connectivity index (χ4v) is 3.27. The van der Waals surface area contributed by atoms with Crippen LogP contribution in [0.25, 0.3) is 11.0 Å². The zero-order valence-corrected chi connectivity index (χ0v) is 11.7. The van der Waals surface area contributed by atoms with E-state index in [1.807, 2.05) is 22.8 Å². The molecule has 2 heterocycles. The van der Waals surface area contributed by atoms with Crippen molar-refractivity contribution in [2.45, 2.75) is 19.4 Å². The molecular weight excluding hydrogens is 294 g/mol. The third kappa shape index (κ3) is 2.12. The molecular formula is C13H16BrN3O. The summed E-state index contributed by atoms with van der Waals surface area (Å²) < 4.78 is 2.83. The van der Waals surface area contributed by atoms with Gasteiger partial charge in [0, 0.05) is 11.0 Å². The van der Waals surface area contributed by atoms with Crippen LogP contribution in [0.1, 0.15) is 12.8 Å². The summed E-state index contributed by atoms with van der Waals surface area (Å²) in [7, 11) is 0. The number of piperidine rings is 1. The third-order valence-electron chi connectivity index (χ3n) is 3.58. The summed E-state index contributed by atoms with van der Waals surface area (Å²) in [6.45, 7) is 2.89. The van der Waals surface area contributed by atoms with Gasteiger partial charge in [-0.3, -0.25) is 4.57 Å². The molecule has 1 aromatic carbocycles. The maximum atomic E-state index is 12.0. The van der Waals surface area contributed by atoms with E-state index >= 15 is 0 Å². The normalized spacial score (nSPS) is 20.4. The third-order valence-corrected chi connectivity index (χ3v) is 4.22. The molecule has 3 rings (SSSR count). The van der Waals surface area contributed by atoms with E-state index in [9.17, 15) is 4.79 Å². The van der Waals surface area contributed by atoms with Crippen LogP contribution in [-0.4, -0.2) is 22.6 Å². The Kier molecular flexibility index (Phi) is 3.26. The number of nitrogens with one attached hydrogen (secondary N) is 2. The number of aromatic amines is 1. The van der Waals surface area contributed by atoms with Crippen molar-refractivity contribution in [2.24, 2.45) is 5.92 Å². The number of H-pyrrole nitrogens is 1. The highest BCUT2D eigenvalue weighted by molar-refractivity contribution is 9.10. The van der Waals surface area contributed by atoms with Crippen LogP contribution in [0, 0.1) is 5.92 Å². The molecule has 1 fully saturated rings. The van der Waals surface area contributed by atoms with Gasteiger partial charge in [-0.1, -0.05) is 6.07 Å². The molecule has 0 saturated carbocycles. The van der Waals surface area contributed by atoms with Gasteiger partial charge < -0.3 is 10.3 Å². The molecule has 0 radical (unpaired) electrons. The smallest absolute Gasteiger partial charge is 0.316 e. The molecule has 4 nitrogen and oxygen atoms in total. The Labute approximate surface area is 114 Å². The second-order valence-corrected chi connectivity index (χ2v) is 5.74. The first-order valence-electron chi connectivity index (χ1n) is 6.33. The fraction of sp³-hybridized carbons (Fsp3) is 0.462. The molecule has 1 aliphatic rings. The van der Waals surface area contributed by atoms with Crippen molar-refractivity contribution < 1.29 is 0 Å². The number of rotatable bonds is 2. The second kappa shape index (κ2) is 4.90. The number of hydrogen-bond acceptors (Lipinski definition) is 2. The molecule has 0 spiro atoms. The van der Waals surface area contributed by atoms with E-state index < -0.39 is 0 Å². The highest BCUT2D eigenvalue weighted by Gasteiger charge is 2.17. The lowest BCUT2D eigenvalue weighted by Gasteiger charge is -2.23. The number of benzene rings is 1. The molecule has 0 aliphatic carbocycles. The van der Waals surface area contributed by atoms with Gasteiger partial charge >= 0.3 is 5.69 Å².